The minimum Gasteiger partial charge on any atom is -0.463 e. The number of hydrogen-bond acceptors (Lipinski definition) is 2. The molecule has 0 aromatic rings. The first kappa shape index (κ1) is 29.9. The first-order valence-electron chi connectivity index (χ1n) is 13.7. The first-order chi connectivity index (χ1) is 15.2. The zero-order valence-electron chi connectivity index (χ0n) is 21.3. The molecule has 0 atom stereocenters. The Bertz CT molecular complexity index is 422. The molecule has 0 radical (unpaired) electrons. The lowest BCUT2D eigenvalue weighted by Crippen LogP contribution is -2.10. The molecule has 31 heavy (non-hydrogen) atoms. The lowest BCUT2D eigenvalue weighted by molar-refractivity contribution is -0.147. The molecule has 2 nitrogen and oxygen atoms in total. The summed E-state index contributed by atoms with van der Waals surface area (Å²) >= 11 is 0. The SMILES string of the molecule is CCCCCCCCCCCCCCCC/C=C\CC/C=C\CCCC(=O)OC(C)C. The molecule has 0 N–H and O–H groups in total. The molecule has 0 bridgehead atoms. The van der Waals surface area contributed by atoms with E-state index in [0.717, 1.165) is 25.7 Å². The summed E-state index contributed by atoms with van der Waals surface area (Å²) in [7, 11) is 0. The second-order valence-electron chi connectivity index (χ2n) is 9.34. The summed E-state index contributed by atoms with van der Waals surface area (Å²) < 4.78 is 5.13. The Hall–Kier alpha value is -1.05. The van der Waals surface area contributed by atoms with Crippen molar-refractivity contribution < 1.29 is 9.53 Å². The van der Waals surface area contributed by atoms with E-state index in [0.29, 0.717) is 6.42 Å². The van der Waals surface area contributed by atoms with Crippen LogP contribution in [0, 0.1) is 0 Å². The molecule has 0 aliphatic heterocycles. The fourth-order valence-corrected chi connectivity index (χ4v) is 3.81. The molecule has 0 aromatic carbocycles. The van der Waals surface area contributed by atoms with Gasteiger partial charge in [-0.15, -0.1) is 0 Å². The summed E-state index contributed by atoms with van der Waals surface area (Å²) in [6.07, 6.45) is 35.0. The van der Waals surface area contributed by atoms with Crippen LogP contribution in [-0.2, 0) is 9.53 Å². The van der Waals surface area contributed by atoms with E-state index in [2.05, 4.69) is 31.2 Å². The lowest BCUT2D eigenvalue weighted by atomic mass is 10.0. The highest BCUT2D eigenvalue weighted by Crippen LogP contribution is 2.13. The van der Waals surface area contributed by atoms with Gasteiger partial charge in [0.05, 0.1) is 6.10 Å². The summed E-state index contributed by atoms with van der Waals surface area (Å²) in [5.74, 6) is -0.0742. The Balaban J connectivity index is 3.22. The van der Waals surface area contributed by atoms with E-state index in [1.165, 1.54) is 96.3 Å². The van der Waals surface area contributed by atoms with Gasteiger partial charge in [0.15, 0.2) is 0 Å². The van der Waals surface area contributed by atoms with E-state index in [4.69, 9.17) is 4.74 Å². The van der Waals surface area contributed by atoms with Crippen molar-refractivity contribution in [1.82, 2.24) is 0 Å². The van der Waals surface area contributed by atoms with Gasteiger partial charge in [0.25, 0.3) is 0 Å². The van der Waals surface area contributed by atoms with E-state index < -0.39 is 0 Å². The van der Waals surface area contributed by atoms with Gasteiger partial charge in [0.2, 0.25) is 0 Å². The van der Waals surface area contributed by atoms with Crippen LogP contribution < -0.4 is 0 Å². The molecule has 0 spiro atoms. The molecule has 0 fully saturated rings. The van der Waals surface area contributed by atoms with Gasteiger partial charge in [0.1, 0.15) is 0 Å². The Morgan fingerprint density at radius 2 is 0.968 bits per heavy atom. The predicted molar refractivity (Wildman–Crippen MR) is 138 cm³/mol. The van der Waals surface area contributed by atoms with E-state index in [1.807, 2.05) is 13.8 Å². The van der Waals surface area contributed by atoms with Crippen LogP contribution >= 0.6 is 0 Å². The van der Waals surface area contributed by atoms with E-state index in [-0.39, 0.29) is 12.1 Å². The van der Waals surface area contributed by atoms with Crippen LogP contribution in [0.1, 0.15) is 149 Å². The zero-order chi connectivity index (χ0) is 22.8. The van der Waals surface area contributed by atoms with Crippen LogP contribution in [0.5, 0.6) is 0 Å². The fraction of sp³-hybridized carbons (Fsp3) is 0.828. The van der Waals surface area contributed by atoms with E-state index >= 15 is 0 Å². The van der Waals surface area contributed by atoms with Gasteiger partial charge in [-0.25, -0.2) is 0 Å². The van der Waals surface area contributed by atoms with Crippen molar-refractivity contribution >= 4 is 5.97 Å². The van der Waals surface area contributed by atoms with Crippen molar-refractivity contribution in [3.05, 3.63) is 24.3 Å². The standard InChI is InChI=1S/C29H54O2/c1-4-5-6-7-8-9-10-11-12-13-14-15-16-17-18-19-20-21-22-23-24-25-26-27-29(30)31-28(2)3/h19-20,23-24,28H,4-18,21-22,25-27H2,1-3H3/b20-19-,24-23-. The molecule has 0 heterocycles. The molecule has 0 saturated carbocycles. The molecule has 182 valence electrons. The van der Waals surface area contributed by atoms with Gasteiger partial charge in [0, 0.05) is 6.42 Å². The van der Waals surface area contributed by atoms with Crippen LogP contribution in [0.25, 0.3) is 0 Å². The predicted octanol–water partition coefficient (Wildman–Crippen LogP) is 9.87. The molecular formula is C29H54O2. The van der Waals surface area contributed by atoms with Crippen LogP contribution in [0.2, 0.25) is 0 Å². The van der Waals surface area contributed by atoms with Crippen molar-refractivity contribution in [2.75, 3.05) is 0 Å². The second kappa shape index (κ2) is 25.2. The molecule has 0 unspecified atom stereocenters. The largest absolute Gasteiger partial charge is 0.463 e. The smallest absolute Gasteiger partial charge is 0.306 e. The number of carbonyl (C=O) groups is 1. The van der Waals surface area contributed by atoms with Crippen LogP contribution in [0.3, 0.4) is 0 Å². The Morgan fingerprint density at radius 3 is 1.42 bits per heavy atom. The number of ether oxygens (including phenoxy) is 1. The molecule has 0 aromatic heterocycles. The summed E-state index contributed by atoms with van der Waals surface area (Å²) in [6.45, 7) is 6.08. The Labute approximate surface area is 195 Å². The van der Waals surface area contributed by atoms with Crippen molar-refractivity contribution in [1.29, 1.82) is 0 Å². The normalized spacial score (nSPS) is 11.9. The van der Waals surface area contributed by atoms with Crippen molar-refractivity contribution in [2.24, 2.45) is 0 Å². The average molecular weight is 435 g/mol. The Morgan fingerprint density at radius 1 is 0.581 bits per heavy atom. The summed E-state index contributed by atoms with van der Waals surface area (Å²) in [5.41, 5.74) is 0. The number of allylic oxidation sites excluding steroid dienone is 4. The highest BCUT2D eigenvalue weighted by atomic mass is 16.5. The Kier molecular flexibility index (Phi) is 24.4. The van der Waals surface area contributed by atoms with Gasteiger partial charge in [-0.3, -0.25) is 4.79 Å². The number of esters is 1. The topological polar surface area (TPSA) is 26.3 Å². The first-order valence-corrected chi connectivity index (χ1v) is 13.7. The van der Waals surface area contributed by atoms with Gasteiger partial charge < -0.3 is 4.74 Å². The molecule has 0 aliphatic carbocycles. The maximum atomic E-state index is 11.4. The summed E-state index contributed by atoms with van der Waals surface area (Å²) in [5, 5.41) is 0. The molecular weight excluding hydrogens is 380 g/mol. The molecule has 0 rings (SSSR count). The number of hydrogen-bond donors (Lipinski definition) is 0. The third-order valence-electron chi connectivity index (χ3n) is 5.68. The number of unbranched alkanes of at least 4 members (excludes halogenated alkanes) is 16. The number of carbonyl (C=O) groups excluding carboxylic acids is 1. The minimum atomic E-state index is -0.0742. The van der Waals surface area contributed by atoms with Crippen molar-refractivity contribution in [3.63, 3.8) is 0 Å². The van der Waals surface area contributed by atoms with Gasteiger partial charge in [-0.2, -0.15) is 0 Å². The summed E-state index contributed by atoms with van der Waals surface area (Å²) in [6, 6.07) is 0. The van der Waals surface area contributed by atoms with Gasteiger partial charge in [-0.05, 0) is 52.4 Å². The molecule has 2 heteroatoms. The second-order valence-corrected chi connectivity index (χ2v) is 9.34. The number of rotatable bonds is 23. The van der Waals surface area contributed by atoms with Crippen molar-refractivity contribution in [2.45, 2.75) is 155 Å². The minimum absolute atomic E-state index is 0.000586. The molecule has 0 amide bonds. The third kappa shape index (κ3) is 26.9. The fourth-order valence-electron chi connectivity index (χ4n) is 3.81. The molecule has 0 saturated heterocycles. The average Bonchev–Trinajstić information content (AvgIpc) is 2.73. The van der Waals surface area contributed by atoms with Crippen LogP contribution in [0.15, 0.2) is 24.3 Å². The highest BCUT2D eigenvalue weighted by Gasteiger charge is 2.03. The highest BCUT2D eigenvalue weighted by molar-refractivity contribution is 5.69. The van der Waals surface area contributed by atoms with E-state index in [1.54, 1.807) is 0 Å². The zero-order valence-corrected chi connectivity index (χ0v) is 21.3. The maximum absolute atomic E-state index is 11.4. The van der Waals surface area contributed by atoms with E-state index in [9.17, 15) is 4.79 Å². The van der Waals surface area contributed by atoms with Crippen molar-refractivity contribution in [3.8, 4) is 0 Å². The lowest BCUT2D eigenvalue weighted by Gasteiger charge is -2.06. The maximum Gasteiger partial charge on any atom is 0.306 e. The van der Waals surface area contributed by atoms with Crippen LogP contribution in [0.4, 0.5) is 0 Å². The summed E-state index contributed by atoms with van der Waals surface area (Å²) in [4.78, 5) is 11.4. The van der Waals surface area contributed by atoms with Gasteiger partial charge in [-0.1, -0.05) is 115 Å². The molecule has 0 aliphatic rings. The van der Waals surface area contributed by atoms with Crippen LogP contribution in [-0.4, -0.2) is 12.1 Å². The third-order valence-corrected chi connectivity index (χ3v) is 5.68. The monoisotopic (exact) mass is 434 g/mol. The van der Waals surface area contributed by atoms with Gasteiger partial charge >= 0.3 is 5.97 Å². The quantitative estimate of drug-likeness (QED) is 0.0908.